The normalized spacial score (nSPS) is 25.8. The molecule has 0 radical (unpaired) electrons. The van der Waals surface area contributed by atoms with E-state index in [1.54, 1.807) is 0 Å². The van der Waals surface area contributed by atoms with E-state index in [9.17, 15) is 4.79 Å². The second-order valence-electron chi connectivity index (χ2n) is 6.19. The molecule has 2 N–H and O–H groups in total. The number of hydrogen-bond donors (Lipinski definition) is 2. The number of carbonyl (C=O) groups is 1. The first kappa shape index (κ1) is 17.1. The lowest BCUT2D eigenvalue weighted by atomic mass is 10.0. The number of nitrogens with zero attached hydrogens (tertiary/aromatic N) is 1. The van der Waals surface area contributed by atoms with Crippen LogP contribution in [0.4, 0.5) is 0 Å². The lowest BCUT2D eigenvalue weighted by molar-refractivity contribution is -0.121. The average molecular weight is 315 g/mol. The number of nitrogens with one attached hydrogen (secondary N) is 2. The summed E-state index contributed by atoms with van der Waals surface area (Å²) >= 11 is 1.93. The monoisotopic (exact) mass is 315 g/mol. The fraction of sp³-hybridized carbons (Fsp3) is 0.933. The summed E-state index contributed by atoms with van der Waals surface area (Å²) in [5.74, 6) is 2.91. The summed E-state index contributed by atoms with van der Waals surface area (Å²) in [7, 11) is 0. The Kier molecular flexibility index (Phi) is 7.29. The van der Waals surface area contributed by atoms with Crippen LogP contribution in [0.5, 0.6) is 0 Å². The molecule has 122 valence electrons. The second-order valence-corrected chi connectivity index (χ2v) is 7.34. The highest BCUT2D eigenvalue weighted by Gasteiger charge is 2.24. The quantitative estimate of drug-likeness (QED) is 0.750. The van der Waals surface area contributed by atoms with Gasteiger partial charge < -0.3 is 15.4 Å². The second kappa shape index (κ2) is 8.98. The fourth-order valence-electron chi connectivity index (χ4n) is 2.96. The maximum Gasteiger partial charge on any atom is 0.221 e. The van der Waals surface area contributed by atoms with E-state index in [1.807, 2.05) is 11.8 Å². The van der Waals surface area contributed by atoms with Crippen LogP contribution >= 0.6 is 11.8 Å². The first-order chi connectivity index (χ1) is 10.2. The van der Waals surface area contributed by atoms with Crippen LogP contribution < -0.4 is 10.6 Å². The molecular weight excluding hydrogens is 286 g/mol. The van der Waals surface area contributed by atoms with Crippen molar-refractivity contribution in [3.63, 3.8) is 0 Å². The molecule has 5 nitrogen and oxygen atoms in total. The molecule has 2 saturated heterocycles. The Labute approximate surface area is 132 Å². The maximum atomic E-state index is 12.1. The van der Waals surface area contributed by atoms with E-state index in [1.165, 1.54) is 0 Å². The molecule has 2 atom stereocenters. The number of thioether (sulfide) groups is 1. The molecule has 2 aliphatic rings. The predicted molar refractivity (Wildman–Crippen MR) is 87.8 cm³/mol. The number of rotatable bonds is 6. The molecule has 2 heterocycles. The third-order valence-corrected chi connectivity index (χ3v) is 5.35. The van der Waals surface area contributed by atoms with Crippen molar-refractivity contribution >= 4 is 17.7 Å². The SMILES string of the molecule is CC(C)C(CNC(=O)CC1CSCCN1)N1CCOCC1. The average Bonchev–Trinajstić information content (AvgIpc) is 2.49. The van der Waals surface area contributed by atoms with Crippen molar-refractivity contribution in [2.75, 3.05) is 50.9 Å². The number of morpholine rings is 1. The Balaban J connectivity index is 1.73. The van der Waals surface area contributed by atoms with Crippen molar-refractivity contribution in [1.29, 1.82) is 0 Å². The summed E-state index contributed by atoms with van der Waals surface area (Å²) in [6.07, 6.45) is 0.598. The highest BCUT2D eigenvalue weighted by atomic mass is 32.2. The molecule has 2 rings (SSSR count). The van der Waals surface area contributed by atoms with Crippen molar-refractivity contribution < 1.29 is 9.53 Å². The number of ether oxygens (including phenoxy) is 1. The van der Waals surface area contributed by atoms with Crippen molar-refractivity contribution in [2.24, 2.45) is 5.92 Å². The van der Waals surface area contributed by atoms with Gasteiger partial charge in [0.2, 0.25) is 5.91 Å². The Morgan fingerprint density at radius 3 is 2.81 bits per heavy atom. The molecule has 0 saturated carbocycles. The van der Waals surface area contributed by atoms with Crippen molar-refractivity contribution in [1.82, 2.24) is 15.5 Å². The van der Waals surface area contributed by atoms with Gasteiger partial charge in [0, 0.05) is 56.2 Å². The molecule has 0 aromatic carbocycles. The molecular formula is C15H29N3O2S. The van der Waals surface area contributed by atoms with Crippen LogP contribution in [0.3, 0.4) is 0 Å². The van der Waals surface area contributed by atoms with Crippen LogP contribution in [-0.2, 0) is 9.53 Å². The van der Waals surface area contributed by atoms with Crippen LogP contribution in [0.2, 0.25) is 0 Å². The first-order valence-electron chi connectivity index (χ1n) is 8.06. The zero-order chi connectivity index (χ0) is 15.1. The van der Waals surface area contributed by atoms with E-state index in [0.717, 1.165) is 50.9 Å². The predicted octanol–water partition coefficient (Wildman–Crippen LogP) is 0.555. The van der Waals surface area contributed by atoms with Crippen molar-refractivity contribution in [2.45, 2.75) is 32.4 Å². The van der Waals surface area contributed by atoms with E-state index < -0.39 is 0 Å². The fourth-order valence-corrected chi connectivity index (χ4v) is 3.91. The summed E-state index contributed by atoms with van der Waals surface area (Å²) in [5.41, 5.74) is 0. The van der Waals surface area contributed by atoms with E-state index in [0.29, 0.717) is 24.4 Å². The third kappa shape index (κ3) is 5.77. The van der Waals surface area contributed by atoms with E-state index >= 15 is 0 Å². The largest absolute Gasteiger partial charge is 0.379 e. The van der Waals surface area contributed by atoms with Gasteiger partial charge in [0.1, 0.15) is 0 Å². The molecule has 0 aromatic rings. The smallest absolute Gasteiger partial charge is 0.221 e. The lowest BCUT2D eigenvalue weighted by Gasteiger charge is -2.37. The van der Waals surface area contributed by atoms with Gasteiger partial charge in [0.15, 0.2) is 0 Å². The maximum absolute atomic E-state index is 12.1. The Bertz CT molecular complexity index is 316. The highest BCUT2D eigenvalue weighted by Crippen LogP contribution is 2.13. The molecule has 2 fully saturated rings. The van der Waals surface area contributed by atoms with Gasteiger partial charge in [-0.1, -0.05) is 13.8 Å². The summed E-state index contributed by atoms with van der Waals surface area (Å²) < 4.78 is 5.42. The van der Waals surface area contributed by atoms with Crippen LogP contribution in [0, 0.1) is 5.92 Å². The van der Waals surface area contributed by atoms with Crippen molar-refractivity contribution in [3.8, 4) is 0 Å². The van der Waals surface area contributed by atoms with Crippen LogP contribution in [0.15, 0.2) is 0 Å². The van der Waals surface area contributed by atoms with Gasteiger partial charge in [-0.2, -0.15) is 11.8 Å². The zero-order valence-corrected chi connectivity index (χ0v) is 14.1. The molecule has 2 unspecified atom stereocenters. The van der Waals surface area contributed by atoms with Crippen molar-refractivity contribution in [3.05, 3.63) is 0 Å². The Hall–Kier alpha value is -0.300. The molecule has 0 aliphatic carbocycles. The highest BCUT2D eigenvalue weighted by molar-refractivity contribution is 7.99. The standard InChI is InChI=1S/C15H29N3O2S/c1-12(2)14(18-4-6-20-7-5-18)10-17-15(19)9-13-11-21-8-3-16-13/h12-14,16H,3-11H2,1-2H3,(H,17,19). The van der Waals surface area contributed by atoms with Gasteiger partial charge in [-0.25, -0.2) is 0 Å². The van der Waals surface area contributed by atoms with Gasteiger partial charge in [-0.3, -0.25) is 9.69 Å². The molecule has 0 bridgehead atoms. The van der Waals surface area contributed by atoms with Gasteiger partial charge in [-0.15, -0.1) is 0 Å². The first-order valence-corrected chi connectivity index (χ1v) is 9.22. The van der Waals surface area contributed by atoms with Crippen LogP contribution in [0.25, 0.3) is 0 Å². The minimum absolute atomic E-state index is 0.175. The number of carbonyl (C=O) groups excluding carboxylic acids is 1. The van der Waals surface area contributed by atoms with E-state index in [-0.39, 0.29) is 5.91 Å². The molecule has 2 aliphatic heterocycles. The van der Waals surface area contributed by atoms with Crippen LogP contribution in [0.1, 0.15) is 20.3 Å². The van der Waals surface area contributed by atoms with Gasteiger partial charge >= 0.3 is 0 Å². The molecule has 1 amide bonds. The Morgan fingerprint density at radius 2 is 2.19 bits per heavy atom. The Morgan fingerprint density at radius 1 is 1.43 bits per heavy atom. The van der Waals surface area contributed by atoms with Gasteiger partial charge in [0.25, 0.3) is 0 Å². The molecule has 0 aromatic heterocycles. The third-order valence-electron chi connectivity index (χ3n) is 4.22. The number of hydrogen-bond acceptors (Lipinski definition) is 5. The zero-order valence-electron chi connectivity index (χ0n) is 13.3. The number of amides is 1. The topological polar surface area (TPSA) is 53.6 Å². The summed E-state index contributed by atoms with van der Waals surface area (Å²) in [5, 5.41) is 6.55. The minimum atomic E-state index is 0.175. The van der Waals surface area contributed by atoms with E-state index in [2.05, 4.69) is 29.4 Å². The summed E-state index contributed by atoms with van der Waals surface area (Å²) in [4.78, 5) is 14.6. The minimum Gasteiger partial charge on any atom is -0.379 e. The van der Waals surface area contributed by atoms with Crippen LogP contribution in [-0.4, -0.2) is 73.8 Å². The summed E-state index contributed by atoms with van der Waals surface area (Å²) in [6.45, 7) is 9.78. The molecule has 0 spiro atoms. The molecule has 6 heteroatoms. The molecule has 21 heavy (non-hydrogen) atoms. The summed E-state index contributed by atoms with van der Waals surface area (Å²) in [6, 6.07) is 0.746. The lowest BCUT2D eigenvalue weighted by Crippen LogP contribution is -2.51. The van der Waals surface area contributed by atoms with Gasteiger partial charge in [-0.05, 0) is 5.92 Å². The van der Waals surface area contributed by atoms with E-state index in [4.69, 9.17) is 4.74 Å². The van der Waals surface area contributed by atoms with Gasteiger partial charge in [0.05, 0.1) is 13.2 Å².